The average Bonchev–Trinajstić information content (AvgIpc) is 3.53. The Labute approximate surface area is 257 Å². The summed E-state index contributed by atoms with van der Waals surface area (Å²) in [6.07, 6.45) is 13.4. The molecule has 1 saturated heterocycles. The molecule has 2 atom stereocenters. The standard InChI is InChI=1S/C32H40FN7O4/c1-43-26-10-9-21(19-27(26)44-17-5-3-2-4-6-28(41)38-42)29-30(22-7-8-23(20-34)25(33)18-22)37-32(40-16-13-36-31(29)40)39-14-11-24(35)12-15-39/h7-10,13,16,18,21,24,31,36,42H,2-6,11-12,14-15,17,19,35H2,1H3,(H,38,41). The number of ether oxygens (including phenoxy) is 2. The van der Waals surface area contributed by atoms with Crippen LogP contribution in [0.15, 0.2) is 64.8 Å². The van der Waals surface area contributed by atoms with Crippen LogP contribution in [0.1, 0.15) is 62.5 Å². The first kappa shape index (κ1) is 31.1. The zero-order valence-corrected chi connectivity index (χ0v) is 25.0. The van der Waals surface area contributed by atoms with E-state index in [4.69, 9.17) is 25.4 Å². The number of likely N-dealkylation sites (tertiary alicyclic amines) is 1. The van der Waals surface area contributed by atoms with Crippen molar-refractivity contribution in [2.45, 2.75) is 63.6 Å². The molecule has 3 heterocycles. The third-order valence-corrected chi connectivity index (χ3v) is 8.44. The number of nitriles is 1. The number of aliphatic imine (C=N–C) groups is 1. The number of carbonyl (C=O) groups is 1. The lowest BCUT2D eigenvalue weighted by atomic mass is 9.85. The van der Waals surface area contributed by atoms with Crippen molar-refractivity contribution in [3.05, 3.63) is 76.8 Å². The van der Waals surface area contributed by atoms with E-state index >= 15 is 0 Å². The van der Waals surface area contributed by atoms with Crippen LogP contribution in [0.4, 0.5) is 4.39 Å². The molecule has 4 aliphatic rings. The molecule has 0 radical (unpaired) electrons. The molecule has 2 unspecified atom stereocenters. The highest BCUT2D eigenvalue weighted by atomic mass is 19.1. The van der Waals surface area contributed by atoms with E-state index in [2.05, 4.69) is 21.2 Å². The number of hydrogen-bond donors (Lipinski definition) is 4. The fourth-order valence-electron chi connectivity index (χ4n) is 6.03. The van der Waals surface area contributed by atoms with Crippen LogP contribution in [-0.2, 0) is 14.3 Å². The van der Waals surface area contributed by atoms with E-state index in [-0.39, 0.29) is 29.6 Å². The van der Waals surface area contributed by atoms with Gasteiger partial charge in [0.1, 0.15) is 23.8 Å². The van der Waals surface area contributed by atoms with Gasteiger partial charge in [-0.05, 0) is 43.9 Å². The molecule has 1 aliphatic carbocycles. The van der Waals surface area contributed by atoms with Crippen LogP contribution >= 0.6 is 0 Å². The van der Waals surface area contributed by atoms with Crippen molar-refractivity contribution < 1.29 is 23.9 Å². The number of nitrogens with two attached hydrogens (primary N) is 1. The molecular formula is C32H40FN7O4. The lowest BCUT2D eigenvalue weighted by Gasteiger charge is -2.42. The molecule has 5 N–H and O–H groups in total. The van der Waals surface area contributed by atoms with Crippen molar-refractivity contribution in [1.82, 2.24) is 20.6 Å². The normalized spacial score (nSPS) is 21.6. The van der Waals surface area contributed by atoms with Gasteiger partial charge in [-0.15, -0.1) is 0 Å². The van der Waals surface area contributed by atoms with Gasteiger partial charge in [0.25, 0.3) is 0 Å². The molecule has 3 aliphatic heterocycles. The minimum Gasteiger partial charge on any atom is -0.494 e. The summed E-state index contributed by atoms with van der Waals surface area (Å²) in [6, 6.07) is 6.72. The van der Waals surface area contributed by atoms with Gasteiger partial charge in [-0.3, -0.25) is 14.9 Å². The molecule has 1 amide bonds. The van der Waals surface area contributed by atoms with Gasteiger partial charge in [-0.25, -0.2) is 14.9 Å². The number of nitrogens with zero attached hydrogens (tertiary/aromatic N) is 4. The Hall–Kier alpha value is -4.34. The number of nitrogens with one attached hydrogen (secondary N) is 2. The molecule has 1 aromatic carbocycles. The van der Waals surface area contributed by atoms with Gasteiger partial charge in [0.05, 0.1) is 25.0 Å². The third kappa shape index (κ3) is 6.90. The van der Waals surface area contributed by atoms with Crippen molar-refractivity contribution in [1.29, 1.82) is 5.26 Å². The number of rotatable bonds is 11. The lowest BCUT2D eigenvalue weighted by Crippen LogP contribution is -2.54. The van der Waals surface area contributed by atoms with E-state index < -0.39 is 5.82 Å². The van der Waals surface area contributed by atoms with Crippen LogP contribution in [0.3, 0.4) is 0 Å². The highest BCUT2D eigenvalue weighted by Gasteiger charge is 2.40. The minimum absolute atomic E-state index is 0.0132. The van der Waals surface area contributed by atoms with Crippen LogP contribution in [0, 0.1) is 23.1 Å². The molecule has 0 aromatic heterocycles. The summed E-state index contributed by atoms with van der Waals surface area (Å²) in [5.41, 5.74) is 10.1. The zero-order valence-electron chi connectivity index (χ0n) is 25.0. The number of benzene rings is 1. The van der Waals surface area contributed by atoms with Crippen molar-refractivity contribution in [2.75, 3.05) is 26.8 Å². The molecule has 5 rings (SSSR count). The SMILES string of the molecule is COC1=C(OCCCCCCC(=O)NO)CC(C2=C(c3ccc(C#N)c(F)c3)N=C(N3CCC(N)CC3)N3C=CNC23)C=C1. The molecule has 11 nitrogen and oxygen atoms in total. The fourth-order valence-corrected chi connectivity index (χ4v) is 6.03. The van der Waals surface area contributed by atoms with E-state index in [0.717, 1.165) is 62.5 Å². The number of fused-ring (bicyclic) bond motifs is 1. The van der Waals surface area contributed by atoms with Gasteiger partial charge < -0.3 is 25.4 Å². The number of allylic oxidation sites excluding steroid dienone is 3. The van der Waals surface area contributed by atoms with Gasteiger partial charge >= 0.3 is 0 Å². The summed E-state index contributed by atoms with van der Waals surface area (Å²) in [6.45, 7) is 2.05. The summed E-state index contributed by atoms with van der Waals surface area (Å²) in [7, 11) is 1.62. The molecule has 44 heavy (non-hydrogen) atoms. The number of piperidine rings is 1. The first-order valence-electron chi connectivity index (χ1n) is 15.2. The van der Waals surface area contributed by atoms with Crippen molar-refractivity contribution in [3.8, 4) is 6.07 Å². The number of carbonyl (C=O) groups excluding carboxylic acids is 1. The summed E-state index contributed by atoms with van der Waals surface area (Å²) < 4.78 is 26.8. The fraction of sp³-hybridized carbons (Fsp3) is 0.469. The van der Waals surface area contributed by atoms with E-state index in [1.54, 1.807) is 18.7 Å². The zero-order chi connectivity index (χ0) is 31.1. The second kappa shape index (κ2) is 14.4. The van der Waals surface area contributed by atoms with Gasteiger partial charge in [-0.2, -0.15) is 5.26 Å². The molecule has 1 fully saturated rings. The Morgan fingerprint density at radius 3 is 2.80 bits per heavy atom. The second-order valence-electron chi connectivity index (χ2n) is 11.3. The monoisotopic (exact) mass is 605 g/mol. The quantitative estimate of drug-likeness (QED) is 0.168. The highest BCUT2D eigenvalue weighted by molar-refractivity contribution is 5.92. The van der Waals surface area contributed by atoms with E-state index in [9.17, 15) is 14.4 Å². The van der Waals surface area contributed by atoms with Gasteiger partial charge in [-0.1, -0.05) is 25.0 Å². The molecule has 0 spiro atoms. The van der Waals surface area contributed by atoms with Crippen LogP contribution in [-0.4, -0.2) is 65.9 Å². The predicted octanol–water partition coefficient (Wildman–Crippen LogP) is 3.81. The Morgan fingerprint density at radius 2 is 2.07 bits per heavy atom. The Kier molecular flexibility index (Phi) is 10.2. The number of unbranched alkanes of at least 4 members (excludes halogenated alkanes) is 3. The van der Waals surface area contributed by atoms with E-state index in [1.807, 2.05) is 24.5 Å². The Morgan fingerprint density at radius 1 is 1.27 bits per heavy atom. The summed E-state index contributed by atoms with van der Waals surface area (Å²) in [5.74, 6) is 1.08. The molecule has 0 saturated carbocycles. The number of methoxy groups -OCH3 is 1. The number of guanidine groups is 1. The maximum atomic E-state index is 15.0. The molecule has 234 valence electrons. The smallest absolute Gasteiger partial charge is 0.243 e. The number of hydrogen-bond acceptors (Lipinski definition) is 10. The van der Waals surface area contributed by atoms with Crippen molar-refractivity contribution in [2.24, 2.45) is 16.6 Å². The van der Waals surface area contributed by atoms with Crippen molar-refractivity contribution >= 4 is 17.6 Å². The van der Waals surface area contributed by atoms with E-state index in [1.165, 1.54) is 12.1 Å². The topological polar surface area (TPSA) is 148 Å². The van der Waals surface area contributed by atoms with E-state index in [0.29, 0.717) is 42.9 Å². The lowest BCUT2D eigenvalue weighted by molar-refractivity contribution is -0.129. The largest absolute Gasteiger partial charge is 0.494 e. The predicted molar refractivity (Wildman–Crippen MR) is 162 cm³/mol. The Balaban J connectivity index is 1.41. The average molecular weight is 606 g/mol. The summed E-state index contributed by atoms with van der Waals surface area (Å²) >= 11 is 0. The van der Waals surface area contributed by atoms with Crippen LogP contribution in [0.5, 0.6) is 0 Å². The van der Waals surface area contributed by atoms with Gasteiger partial charge in [0.15, 0.2) is 5.76 Å². The molecular weight excluding hydrogens is 565 g/mol. The first-order valence-corrected chi connectivity index (χ1v) is 15.2. The number of hydroxylamine groups is 1. The summed E-state index contributed by atoms with van der Waals surface area (Å²) in [5, 5.41) is 21.5. The number of amides is 1. The maximum Gasteiger partial charge on any atom is 0.243 e. The first-order chi connectivity index (χ1) is 21.4. The Bertz CT molecular complexity index is 1420. The van der Waals surface area contributed by atoms with Crippen LogP contribution < -0.4 is 16.5 Å². The van der Waals surface area contributed by atoms with Crippen LogP contribution in [0.25, 0.3) is 5.70 Å². The van der Waals surface area contributed by atoms with Crippen LogP contribution in [0.2, 0.25) is 0 Å². The summed E-state index contributed by atoms with van der Waals surface area (Å²) in [4.78, 5) is 20.7. The minimum atomic E-state index is -0.584. The number of halogens is 1. The molecule has 1 aromatic rings. The van der Waals surface area contributed by atoms with Gasteiger partial charge in [0, 0.05) is 61.4 Å². The maximum absolute atomic E-state index is 15.0. The highest BCUT2D eigenvalue weighted by Crippen LogP contribution is 2.41. The van der Waals surface area contributed by atoms with Crippen molar-refractivity contribution in [3.63, 3.8) is 0 Å². The molecule has 0 bridgehead atoms. The third-order valence-electron chi connectivity index (χ3n) is 8.44. The van der Waals surface area contributed by atoms with Gasteiger partial charge in [0.2, 0.25) is 11.9 Å². The molecule has 12 heteroatoms. The second-order valence-corrected chi connectivity index (χ2v) is 11.3.